The number of fused-ring (bicyclic) bond motifs is 1. The van der Waals surface area contributed by atoms with Crippen LogP contribution in [0.5, 0.6) is 0 Å². The highest BCUT2D eigenvalue weighted by atomic mass is 32.2. The van der Waals surface area contributed by atoms with Crippen molar-refractivity contribution in [1.29, 1.82) is 0 Å². The Kier molecular flexibility index (Phi) is 6.52. The zero-order valence-corrected chi connectivity index (χ0v) is 20.3. The zero-order valence-electron chi connectivity index (χ0n) is 18.6. The highest BCUT2D eigenvalue weighted by molar-refractivity contribution is 7.89. The molecule has 0 saturated carbocycles. The van der Waals surface area contributed by atoms with E-state index in [0.29, 0.717) is 13.1 Å². The van der Waals surface area contributed by atoms with Gasteiger partial charge in [0.05, 0.1) is 12.6 Å². The number of rotatable bonds is 5. The second-order valence-electron chi connectivity index (χ2n) is 8.55. The van der Waals surface area contributed by atoms with Gasteiger partial charge in [-0.1, -0.05) is 42.5 Å². The Morgan fingerprint density at radius 2 is 1.65 bits per heavy atom. The molecule has 34 heavy (non-hydrogen) atoms. The van der Waals surface area contributed by atoms with Gasteiger partial charge in [0, 0.05) is 37.6 Å². The largest absolute Gasteiger partial charge is 0.339 e. The molecule has 0 aliphatic carbocycles. The molecule has 3 heterocycles. The lowest BCUT2D eigenvalue weighted by atomic mass is 9.93. The van der Waals surface area contributed by atoms with E-state index in [-0.39, 0.29) is 36.5 Å². The molecular weight excluding hydrogens is 473 g/mol. The first-order valence-corrected chi connectivity index (χ1v) is 13.6. The summed E-state index contributed by atoms with van der Waals surface area (Å²) in [6, 6.07) is 17.8. The molecule has 0 spiro atoms. The second-order valence-corrected chi connectivity index (χ2v) is 11.5. The first kappa shape index (κ1) is 23.2. The molecule has 1 saturated heterocycles. The molecule has 6 nitrogen and oxygen atoms in total. The Labute approximate surface area is 203 Å². The molecule has 2 aliphatic rings. The minimum atomic E-state index is -3.93. The average Bonchev–Trinajstić information content (AvgIpc) is 3.33. The van der Waals surface area contributed by atoms with Gasteiger partial charge in [-0.15, -0.1) is 11.3 Å². The number of piperazine rings is 1. The van der Waals surface area contributed by atoms with Crippen LogP contribution >= 0.6 is 11.3 Å². The van der Waals surface area contributed by atoms with Crippen molar-refractivity contribution in [2.45, 2.75) is 17.4 Å². The normalized spacial score (nSPS) is 19.7. The standard InChI is InChI=1S/C25H26FN3O3S2/c26-21-8-4-5-9-23(21)34(31,32)29-15-13-27(14-16-29)24(30)18-28-12-10-22-20(11-17-33-22)25(28)19-6-2-1-3-7-19/h1-9,11,17,25H,10,12-16,18H2. The maximum atomic E-state index is 14.1. The minimum absolute atomic E-state index is 0.0115. The van der Waals surface area contributed by atoms with Gasteiger partial charge in [-0.2, -0.15) is 4.31 Å². The van der Waals surface area contributed by atoms with Gasteiger partial charge in [-0.05, 0) is 41.1 Å². The summed E-state index contributed by atoms with van der Waals surface area (Å²) in [5.41, 5.74) is 2.42. The Morgan fingerprint density at radius 1 is 0.941 bits per heavy atom. The van der Waals surface area contributed by atoms with Gasteiger partial charge in [-0.3, -0.25) is 9.69 Å². The smallest absolute Gasteiger partial charge is 0.246 e. The minimum Gasteiger partial charge on any atom is -0.339 e. The maximum Gasteiger partial charge on any atom is 0.246 e. The third-order valence-electron chi connectivity index (χ3n) is 6.57. The number of nitrogens with zero attached hydrogens (tertiary/aromatic N) is 3. The third kappa shape index (κ3) is 4.40. The van der Waals surface area contributed by atoms with Crippen molar-refractivity contribution in [3.63, 3.8) is 0 Å². The fraction of sp³-hybridized carbons (Fsp3) is 0.320. The van der Waals surface area contributed by atoms with Gasteiger partial charge in [-0.25, -0.2) is 12.8 Å². The van der Waals surface area contributed by atoms with Crippen LogP contribution in [0.4, 0.5) is 4.39 Å². The summed E-state index contributed by atoms with van der Waals surface area (Å²) in [5.74, 6) is -0.770. The summed E-state index contributed by atoms with van der Waals surface area (Å²) in [7, 11) is -3.93. The van der Waals surface area contributed by atoms with Gasteiger partial charge in [0.15, 0.2) is 0 Å². The first-order valence-electron chi connectivity index (χ1n) is 11.3. The Balaban J connectivity index is 1.27. The van der Waals surface area contributed by atoms with E-state index in [9.17, 15) is 17.6 Å². The van der Waals surface area contributed by atoms with Gasteiger partial charge in [0.2, 0.25) is 15.9 Å². The number of carbonyl (C=O) groups excluding carboxylic acids is 1. The van der Waals surface area contributed by atoms with Crippen LogP contribution in [-0.4, -0.2) is 67.7 Å². The molecule has 0 radical (unpaired) electrons. The Bertz CT molecular complexity index is 1270. The first-order chi connectivity index (χ1) is 16.4. The van der Waals surface area contributed by atoms with Crippen LogP contribution in [0.2, 0.25) is 0 Å². The fourth-order valence-electron chi connectivity index (χ4n) is 4.81. The molecule has 9 heteroatoms. The Hall–Kier alpha value is -2.59. The molecule has 3 aromatic rings. The second kappa shape index (κ2) is 9.58. The number of carbonyl (C=O) groups is 1. The van der Waals surface area contributed by atoms with Crippen molar-refractivity contribution in [2.75, 3.05) is 39.3 Å². The van der Waals surface area contributed by atoms with Gasteiger partial charge in [0.25, 0.3) is 0 Å². The molecule has 5 rings (SSSR count). The summed E-state index contributed by atoms with van der Waals surface area (Å²) >= 11 is 1.76. The number of amides is 1. The number of thiophene rings is 1. The van der Waals surface area contributed by atoms with Crippen LogP contribution in [0.25, 0.3) is 0 Å². The van der Waals surface area contributed by atoms with Gasteiger partial charge in [0.1, 0.15) is 10.7 Å². The highest BCUT2D eigenvalue weighted by Gasteiger charge is 2.34. The molecule has 178 valence electrons. The lowest BCUT2D eigenvalue weighted by molar-refractivity contribution is -0.134. The topological polar surface area (TPSA) is 60.9 Å². The van der Waals surface area contributed by atoms with E-state index in [2.05, 4.69) is 28.5 Å². The lowest BCUT2D eigenvalue weighted by Gasteiger charge is -2.39. The molecule has 0 bridgehead atoms. The Morgan fingerprint density at radius 3 is 2.38 bits per heavy atom. The molecule has 2 aliphatic heterocycles. The molecular formula is C25H26FN3O3S2. The number of sulfonamides is 1. The number of hydrogen-bond acceptors (Lipinski definition) is 5. The molecule has 1 unspecified atom stereocenters. The van der Waals surface area contributed by atoms with Crippen molar-refractivity contribution in [1.82, 2.24) is 14.1 Å². The quantitative estimate of drug-likeness (QED) is 0.540. The molecule has 2 aromatic carbocycles. The average molecular weight is 500 g/mol. The van der Waals surface area contributed by atoms with Crippen LogP contribution in [-0.2, 0) is 21.2 Å². The molecule has 0 N–H and O–H groups in total. The van der Waals surface area contributed by atoms with Crippen LogP contribution in [0.3, 0.4) is 0 Å². The SMILES string of the molecule is O=C(CN1CCc2sccc2C1c1ccccc1)N1CCN(S(=O)(=O)c2ccccc2F)CC1. The summed E-state index contributed by atoms with van der Waals surface area (Å²) < 4.78 is 41.1. The van der Waals surface area contributed by atoms with Crippen molar-refractivity contribution in [2.24, 2.45) is 0 Å². The van der Waals surface area contributed by atoms with Gasteiger partial charge >= 0.3 is 0 Å². The molecule has 1 fully saturated rings. The molecule has 1 atom stereocenters. The van der Waals surface area contributed by atoms with Crippen molar-refractivity contribution in [3.8, 4) is 0 Å². The van der Waals surface area contributed by atoms with E-state index in [1.54, 1.807) is 16.2 Å². The van der Waals surface area contributed by atoms with E-state index in [1.165, 1.54) is 32.9 Å². The summed E-state index contributed by atoms with van der Waals surface area (Å²) in [6.07, 6.45) is 0.915. The third-order valence-corrected chi connectivity index (χ3v) is 9.49. The molecule has 1 aromatic heterocycles. The van der Waals surface area contributed by atoms with E-state index in [4.69, 9.17) is 0 Å². The van der Waals surface area contributed by atoms with E-state index in [0.717, 1.165) is 24.6 Å². The number of halogens is 1. The van der Waals surface area contributed by atoms with E-state index >= 15 is 0 Å². The number of benzene rings is 2. The summed E-state index contributed by atoms with van der Waals surface area (Å²) in [5, 5.41) is 2.11. The van der Waals surface area contributed by atoms with Crippen molar-refractivity contribution < 1.29 is 17.6 Å². The lowest BCUT2D eigenvalue weighted by Crippen LogP contribution is -2.53. The summed E-state index contributed by atoms with van der Waals surface area (Å²) in [4.78, 5) is 18.2. The van der Waals surface area contributed by atoms with Gasteiger partial charge < -0.3 is 4.90 Å². The number of hydrogen-bond donors (Lipinski definition) is 0. The summed E-state index contributed by atoms with van der Waals surface area (Å²) in [6.45, 7) is 1.95. The van der Waals surface area contributed by atoms with E-state index < -0.39 is 15.8 Å². The van der Waals surface area contributed by atoms with Crippen molar-refractivity contribution >= 4 is 27.3 Å². The van der Waals surface area contributed by atoms with E-state index in [1.807, 2.05) is 18.2 Å². The highest BCUT2D eigenvalue weighted by Crippen LogP contribution is 2.37. The predicted octanol–water partition coefficient (Wildman–Crippen LogP) is 3.37. The zero-order chi connectivity index (χ0) is 23.7. The monoisotopic (exact) mass is 499 g/mol. The maximum absolute atomic E-state index is 14.1. The fourth-order valence-corrected chi connectivity index (χ4v) is 7.20. The van der Waals surface area contributed by atoms with Crippen molar-refractivity contribution in [3.05, 3.63) is 87.9 Å². The van der Waals surface area contributed by atoms with Crippen LogP contribution < -0.4 is 0 Å². The molecule has 1 amide bonds. The van der Waals surface area contributed by atoms with Crippen LogP contribution in [0.1, 0.15) is 22.0 Å². The van der Waals surface area contributed by atoms with Crippen LogP contribution in [0, 0.1) is 5.82 Å². The van der Waals surface area contributed by atoms with Crippen LogP contribution in [0.15, 0.2) is 70.9 Å². The predicted molar refractivity (Wildman–Crippen MR) is 130 cm³/mol.